The fourth-order valence-electron chi connectivity index (χ4n) is 2.39. The predicted octanol–water partition coefficient (Wildman–Crippen LogP) is 5.28. The van der Waals surface area contributed by atoms with Crippen LogP contribution in [0.2, 0.25) is 0 Å². The molecule has 0 aromatic heterocycles. The van der Waals surface area contributed by atoms with E-state index in [1.165, 1.54) is 0 Å². The number of hydrogen-bond acceptors (Lipinski definition) is 3. The third kappa shape index (κ3) is 20.6. The van der Waals surface area contributed by atoms with E-state index in [1.54, 1.807) is 0 Å². The van der Waals surface area contributed by atoms with Gasteiger partial charge in [-0.25, -0.2) is 0 Å². The summed E-state index contributed by atoms with van der Waals surface area (Å²) in [6.07, 6.45) is 26.7. The highest BCUT2D eigenvalue weighted by Gasteiger charge is 1.98. The zero-order valence-corrected chi connectivity index (χ0v) is 18.6. The molecule has 0 heterocycles. The van der Waals surface area contributed by atoms with E-state index in [2.05, 4.69) is 80.8 Å². The number of aliphatic hydroxyl groups is 1. The molecule has 4 nitrogen and oxygen atoms in total. The molecule has 0 aliphatic rings. The highest BCUT2D eigenvalue weighted by Crippen LogP contribution is 2.07. The molecule has 2 N–H and O–H groups in total. The van der Waals surface area contributed by atoms with Gasteiger partial charge in [-0.3, -0.25) is 4.79 Å². The quantitative estimate of drug-likeness (QED) is 0.325. The topological polar surface area (TPSA) is 58.6 Å². The molecule has 29 heavy (non-hydrogen) atoms. The lowest BCUT2D eigenvalue weighted by atomic mass is 10.1. The molecule has 0 aromatic carbocycles. The van der Waals surface area contributed by atoms with Crippen LogP contribution in [0.1, 0.15) is 59.3 Å². The van der Waals surface area contributed by atoms with Gasteiger partial charge >= 0.3 is 0 Å². The van der Waals surface area contributed by atoms with E-state index in [1.807, 2.05) is 6.08 Å². The largest absolute Gasteiger partial charge is 0.395 e. The van der Waals surface area contributed by atoms with Gasteiger partial charge in [-0.2, -0.15) is 0 Å². The van der Waals surface area contributed by atoms with Crippen LogP contribution in [0.3, 0.4) is 0 Å². The molecule has 0 rings (SSSR count). The van der Waals surface area contributed by atoms with Crippen LogP contribution in [0.4, 0.5) is 0 Å². The minimum absolute atomic E-state index is 0.0121. The van der Waals surface area contributed by atoms with Crippen LogP contribution in [-0.4, -0.2) is 36.9 Å². The summed E-state index contributed by atoms with van der Waals surface area (Å²) in [5.41, 5.74) is 0. The van der Waals surface area contributed by atoms with Gasteiger partial charge in [-0.15, -0.1) is 0 Å². The lowest BCUT2D eigenvalue weighted by molar-refractivity contribution is -0.121. The van der Waals surface area contributed by atoms with E-state index in [0.29, 0.717) is 25.5 Å². The third-order valence-electron chi connectivity index (χ3n) is 4.09. The Kier molecular flexibility index (Phi) is 19.4. The summed E-state index contributed by atoms with van der Waals surface area (Å²) < 4.78 is 5.69. The van der Waals surface area contributed by atoms with Crippen molar-refractivity contribution >= 4 is 5.91 Å². The highest BCUT2D eigenvalue weighted by atomic mass is 16.5. The number of aliphatic hydroxyl groups excluding tert-OH is 1. The second kappa shape index (κ2) is 20.8. The summed E-state index contributed by atoms with van der Waals surface area (Å²) >= 11 is 0. The first-order valence-electron chi connectivity index (χ1n) is 10.9. The molecule has 0 spiro atoms. The second-order valence-corrected chi connectivity index (χ2v) is 7.01. The van der Waals surface area contributed by atoms with Crippen molar-refractivity contribution in [2.24, 2.45) is 5.92 Å². The van der Waals surface area contributed by atoms with Crippen molar-refractivity contribution in [1.29, 1.82) is 0 Å². The van der Waals surface area contributed by atoms with Gasteiger partial charge in [-0.1, -0.05) is 74.6 Å². The van der Waals surface area contributed by atoms with Gasteiger partial charge in [0.2, 0.25) is 5.91 Å². The number of carbonyl (C=O) groups excluding carboxylic acids is 1. The Morgan fingerprint density at radius 1 is 0.966 bits per heavy atom. The third-order valence-corrected chi connectivity index (χ3v) is 4.09. The maximum absolute atomic E-state index is 11.3. The summed E-state index contributed by atoms with van der Waals surface area (Å²) in [5, 5.41) is 11.3. The number of allylic oxidation sites excluding steroid dienone is 8. The average molecular weight is 404 g/mol. The number of amides is 1. The van der Waals surface area contributed by atoms with Gasteiger partial charge in [0.25, 0.3) is 0 Å². The first-order valence-corrected chi connectivity index (χ1v) is 10.9. The minimum atomic E-state index is -0.0143. The van der Waals surface area contributed by atoms with Gasteiger partial charge in [0.05, 0.1) is 19.3 Å². The standard InChI is InChI=1S/C25H41NO3/c1-4-5-15-22-29-24(3)19-18-23(2)16-13-11-9-7-6-8-10-12-14-17-25(28)26-20-21-27/h5-7,10-13,15,18-19,23-24,27H,4,8-9,14,16-17,20-22H2,1-3H3,(H,26,28)/b7-6-,12-10-,13-11-,15-5-,19-18+. The molecule has 0 radical (unpaired) electrons. The van der Waals surface area contributed by atoms with Crippen LogP contribution in [0.25, 0.3) is 0 Å². The Morgan fingerprint density at radius 2 is 1.66 bits per heavy atom. The molecular formula is C25H41NO3. The van der Waals surface area contributed by atoms with Crippen molar-refractivity contribution in [2.45, 2.75) is 65.4 Å². The molecule has 0 bridgehead atoms. The lowest BCUT2D eigenvalue weighted by Crippen LogP contribution is -2.25. The molecule has 0 aliphatic heterocycles. The Labute approximate surface area is 178 Å². The van der Waals surface area contributed by atoms with Gasteiger partial charge in [0.1, 0.15) is 0 Å². The van der Waals surface area contributed by atoms with E-state index in [4.69, 9.17) is 9.84 Å². The molecule has 4 heteroatoms. The van der Waals surface area contributed by atoms with E-state index >= 15 is 0 Å². The number of rotatable bonds is 17. The Bertz CT molecular complexity index is 532. The molecule has 164 valence electrons. The SMILES string of the molecule is CC/C=C\COC(C)/C=C/C(C)C/C=C\C/C=C\C/C=C\CCC(=O)NCCO. The number of ether oxygens (including phenoxy) is 1. The van der Waals surface area contributed by atoms with Crippen LogP contribution >= 0.6 is 0 Å². The van der Waals surface area contributed by atoms with Crippen LogP contribution in [0, 0.1) is 5.92 Å². The summed E-state index contributed by atoms with van der Waals surface area (Å²) in [6.45, 7) is 7.41. The number of carbonyl (C=O) groups is 1. The molecule has 0 saturated heterocycles. The van der Waals surface area contributed by atoms with Crippen molar-refractivity contribution in [3.05, 3.63) is 60.8 Å². The van der Waals surface area contributed by atoms with Crippen LogP contribution in [0.15, 0.2) is 60.8 Å². The molecule has 0 saturated carbocycles. The normalized spacial score (nSPS) is 14.8. The summed E-state index contributed by atoms with van der Waals surface area (Å²) in [5.74, 6) is 0.490. The first-order chi connectivity index (χ1) is 14.1. The summed E-state index contributed by atoms with van der Waals surface area (Å²) in [6, 6.07) is 0. The van der Waals surface area contributed by atoms with Crippen LogP contribution < -0.4 is 5.32 Å². The minimum Gasteiger partial charge on any atom is -0.395 e. The Morgan fingerprint density at radius 3 is 2.34 bits per heavy atom. The van der Waals surface area contributed by atoms with Gasteiger partial charge in [-0.05, 0) is 44.9 Å². The fraction of sp³-hybridized carbons (Fsp3) is 0.560. The second-order valence-electron chi connectivity index (χ2n) is 7.01. The van der Waals surface area contributed by atoms with Crippen LogP contribution in [0.5, 0.6) is 0 Å². The molecule has 0 fully saturated rings. The fourth-order valence-corrected chi connectivity index (χ4v) is 2.39. The Balaban J connectivity index is 3.75. The maximum atomic E-state index is 11.3. The maximum Gasteiger partial charge on any atom is 0.220 e. The summed E-state index contributed by atoms with van der Waals surface area (Å²) in [7, 11) is 0. The van der Waals surface area contributed by atoms with Gasteiger partial charge < -0.3 is 15.2 Å². The molecule has 2 unspecified atom stereocenters. The van der Waals surface area contributed by atoms with Crippen molar-refractivity contribution in [2.75, 3.05) is 19.8 Å². The van der Waals surface area contributed by atoms with Crippen molar-refractivity contribution in [3.63, 3.8) is 0 Å². The van der Waals surface area contributed by atoms with Gasteiger partial charge in [0, 0.05) is 13.0 Å². The van der Waals surface area contributed by atoms with Crippen molar-refractivity contribution in [1.82, 2.24) is 5.32 Å². The van der Waals surface area contributed by atoms with E-state index in [0.717, 1.165) is 32.1 Å². The predicted molar refractivity (Wildman–Crippen MR) is 124 cm³/mol. The summed E-state index contributed by atoms with van der Waals surface area (Å²) in [4.78, 5) is 11.3. The lowest BCUT2D eigenvalue weighted by Gasteiger charge is -2.08. The number of nitrogens with one attached hydrogen (secondary N) is 1. The molecule has 0 aromatic rings. The monoisotopic (exact) mass is 403 g/mol. The van der Waals surface area contributed by atoms with E-state index in [9.17, 15) is 4.79 Å². The van der Waals surface area contributed by atoms with Gasteiger partial charge in [0.15, 0.2) is 0 Å². The van der Waals surface area contributed by atoms with Crippen LogP contribution in [-0.2, 0) is 9.53 Å². The zero-order chi connectivity index (χ0) is 21.6. The zero-order valence-electron chi connectivity index (χ0n) is 18.6. The Hall–Kier alpha value is -1.91. The van der Waals surface area contributed by atoms with E-state index in [-0.39, 0.29) is 18.6 Å². The number of hydrogen-bond donors (Lipinski definition) is 2. The molecule has 2 atom stereocenters. The first kappa shape index (κ1) is 27.1. The van der Waals surface area contributed by atoms with E-state index < -0.39 is 0 Å². The molecular weight excluding hydrogens is 362 g/mol. The van der Waals surface area contributed by atoms with Crippen molar-refractivity contribution in [3.8, 4) is 0 Å². The average Bonchev–Trinajstić information content (AvgIpc) is 2.72. The molecule has 1 amide bonds. The van der Waals surface area contributed by atoms with Crippen molar-refractivity contribution < 1.29 is 14.6 Å². The molecule has 0 aliphatic carbocycles. The smallest absolute Gasteiger partial charge is 0.220 e. The highest BCUT2D eigenvalue weighted by molar-refractivity contribution is 5.75.